The Balaban J connectivity index is 1.52. The highest BCUT2D eigenvalue weighted by atomic mass is 35.5. The number of amides is 1. The van der Waals surface area contributed by atoms with Gasteiger partial charge in [0, 0.05) is 40.6 Å². The molecule has 1 heterocycles. The number of hydrogen-bond donors (Lipinski definition) is 1. The number of nitrogens with one attached hydrogen (secondary N) is 1. The standard InChI is InChI=1S/C26H24ClN3OS/c1-2-30(20-10-4-3-5-11-20)16-15-28-26(31)23-18-25(29-24-14-7-6-13-22(23)24)32-21-12-8-9-19(27)17-21/h3-14,17-18H,2,15-16H2,1H3,(H,28,31). The number of fused-ring (bicyclic) bond motifs is 1. The molecule has 6 heteroatoms. The molecule has 0 aliphatic carbocycles. The average molecular weight is 462 g/mol. The second-order valence-electron chi connectivity index (χ2n) is 7.26. The number of aromatic nitrogens is 1. The molecular formula is C26H24ClN3OS. The maximum Gasteiger partial charge on any atom is 0.252 e. The van der Waals surface area contributed by atoms with E-state index in [4.69, 9.17) is 16.6 Å². The van der Waals surface area contributed by atoms with Crippen LogP contribution < -0.4 is 10.2 Å². The molecule has 3 aromatic carbocycles. The molecule has 4 nitrogen and oxygen atoms in total. The Hall–Kier alpha value is -3.02. The van der Waals surface area contributed by atoms with Gasteiger partial charge < -0.3 is 10.2 Å². The first kappa shape index (κ1) is 22.2. The second kappa shape index (κ2) is 10.5. The average Bonchev–Trinajstić information content (AvgIpc) is 2.82. The normalized spacial score (nSPS) is 10.8. The van der Waals surface area contributed by atoms with Crippen LogP contribution in [0.4, 0.5) is 5.69 Å². The van der Waals surface area contributed by atoms with Crippen LogP contribution in [-0.2, 0) is 0 Å². The van der Waals surface area contributed by atoms with Crippen LogP contribution in [-0.4, -0.2) is 30.5 Å². The van der Waals surface area contributed by atoms with Gasteiger partial charge in [-0.05, 0) is 49.4 Å². The fourth-order valence-electron chi connectivity index (χ4n) is 3.55. The van der Waals surface area contributed by atoms with E-state index in [0.717, 1.165) is 39.6 Å². The van der Waals surface area contributed by atoms with Gasteiger partial charge in [0.05, 0.1) is 11.1 Å². The summed E-state index contributed by atoms with van der Waals surface area (Å²) in [6.45, 7) is 4.28. The van der Waals surface area contributed by atoms with Crippen LogP contribution in [0.2, 0.25) is 5.02 Å². The number of nitrogens with zero attached hydrogens (tertiary/aromatic N) is 2. The van der Waals surface area contributed by atoms with Gasteiger partial charge >= 0.3 is 0 Å². The van der Waals surface area contributed by atoms with Crippen LogP contribution in [0.1, 0.15) is 17.3 Å². The zero-order valence-corrected chi connectivity index (χ0v) is 19.4. The minimum absolute atomic E-state index is 0.0966. The number of pyridine rings is 1. The molecule has 0 bridgehead atoms. The predicted molar refractivity (Wildman–Crippen MR) is 134 cm³/mol. The Labute approximate surface area is 197 Å². The number of halogens is 1. The van der Waals surface area contributed by atoms with Crippen molar-refractivity contribution in [2.75, 3.05) is 24.5 Å². The van der Waals surface area contributed by atoms with E-state index in [1.807, 2.05) is 72.8 Å². The summed E-state index contributed by atoms with van der Waals surface area (Å²) in [7, 11) is 0. The molecule has 0 aliphatic heterocycles. The summed E-state index contributed by atoms with van der Waals surface area (Å²) in [5.41, 5.74) is 2.57. The Morgan fingerprint density at radius 3 is 2.56 bits per heavy atom. The third-order valence-electron chi connectivity index (χ3n) is 5.13. The van der Waals surface area contributed by atoms with Crippen molar-refractivity contribution in [1.29, 1.82) is 0 Å². The van der Waals surface area contributed by atoms with Gasteiger partial charge in [-0.3, -0.25) is 4.79 Å². The van der Waals surface area contributed by atoms with E-state index in [1.54, 1.807) is 0 Å². The topological polar surface area (TPSA) is 45.2 Å². The lowest BCUT2D eigenvalue weighted by Crippen LogP contribution is -2.35. The van der Waals surface area contributed by atoms with E-state index in [1.165, 1.54) is 11.8 Å². The van der Waals surface area contributed by atoms with Gasteiger partial charge in [0.1, 0.15) is 5.03 Å². The first-order valence-corrected chi connectivity index (χ1v) is 11.7. The van der Waals surface area contributed by atoms with Crippen LogP contribution in [0.5, 0.6) is 0 Å². The smallest absolute Gasteiger partial charge is 0.252 e. The zero-order valence-electron chi connectivity index (χ0n) is 17.8. The van der Waals surface area contributed by atoms with E-state index in [2.05, 4.69) is 29.3 Å². The highest BCUT2D eigenvalue weighted by Crippen LogP contribution is 2.31. The number of carbonyl (C=O) groups excluding carboxylic acids is 1. The zero-order chi connectivity index (χ0) is 22.3. The van der Waals surface area contributed by atoms with Crippen LogP contribution in [0.15, 0.2) is 94.9 Å². The molecule has 0 saturated heterocycles. The van der Waals surface area contributed by atoms with Crippen LogP contribution in [0.25, 0.3) is 10.9 Å². The van der Waals surface area contributed by atoms with Gasteiger partial charge in [0.25, 0.3) is 5.91 Å². The van der Waals surface area contributed by atoms with Gasteiger partial charge in [-0.1, -0.05) is 65.8 Å². The van der Waals surface area contributed by atoms with Crippen molar-refractivity contribution in [3.63, 3.8) is 0 Å². The third-order valence-corrected chi connectivity index (χ3v) is 6.27. The molecule has 0 saturated carbocycles. The number of benzene rings is 3. The lowest BCUT2D eigenvalue weighted by atomic mass is 10.1. The summed E-state index contributed by atoms with van der Waals surface area (Å²) < 4.78 is 0. The molecule has 32 heavy (non-hydrogen) atoms. The van der Waals surface area contributed by atoms with Crippen LogP contribution >= 0.6 is 23.4 Å². The quantitative estimate of drug-likeness (QED) is 0.334. The number of para-hydroxylation sites is 2. The summed E-state index contributed by atoms with van der Waals surface area (Å²) in [5.74, 6) is -0.0966. The highest BCUT2D eigenvalue weighted by Gasteiger charge is 2.14. The van der Waals surface area contributed by atoms with Crippen LogP contribution in [0.3, 0.4) is 0 Å². The third kappa shape index (κ3) is 5.42. The maximum absolute atomic E-state index is 13.1. The van der Waals surface area contributed by atoms with Crippen molar-refractivity contribution in [3.05, 3.63) is 95.5 Å². The molecule has 0 spiro atoms. The Morgan fingerprint density at radius 1 is 1.00 bits per heavy atom. The summed E-state index contributed by atoms with van der Waals surface area (Å²) in [6, 6.07) is 27.4. The number of carbonyl (C=O) groups is 1. The summed E-state index contributed by atoms with van der Waals surface area (Å²) >= 11 is 7.62. The fourth-order valence-corrected chi connectivity index (χ4v) is 4.70. The first-order valence-electron chi connectivity index (χ1n) is 10.6. The van der Waals surface area contributed by atoms with Crippen molar-refractivity contribution < 1.29 is 4.79 Å². The molecule has 1 aromatic heterocycles. The van der Waals surface area contributed by atoms with Crippen molar-refractivity contribution in [3.8, 4) is 0 Å². The van der Waals surface area contributed by atoms with E-state index in [9.17, 15) is 4.79 Å². The molecule has 0 fully saturated rings. The SMILES string of the molecule is CCN(CCNC(=O)c1cc(Sc2cccc(Cl)c2)nc2ccccc12)c1ccccc1. The molecule has 1 N–H and O–H groups in total. The number of anilines is 1. The largest absolute Gasteiger partial charge is 0.370 e. The van der Waals surface area contributed by atoms with Gasteiger partial charge in [-0.2, -0.15) is 0 Å². The highest BCUT2D eigenvalue weighted by molar-refractivity contribution is 7.99. The molecule has 0 radical (unpaired) electrons. The van der Waals surface area contributed by atoms with Crippen molar-refractivity contribution >= 4 is 45.9 Å². The van der Waals surface area contributed by atoms with Crippen molar-refractivity contribution in [1.82, 2.24) is 10.3 Å². The fraction of sp³-hybridized carbons (Fsp3) is 0.154. The monoisotopic (exact) mass is 461 g/mol. The van der Waals surface area contributed by atoms with E-state index >= 15 is 0 Å². The Morgan fingerprint density at radius 2 is 1.78 bits per heavy atom. The predicted octanol–water partition coefficient (Wildman–Crippen LogP) is 6.30. The lowest BCUT2D eigenvalue weighted by Gasteiger charge is -2.23. The van der Waals surface area contributed by atoms with Crippen LogP contribution in [0, 0.1) is 0 Å². The van der Waals surface area contributed by atoms with Crippen molar-refractivity contribution in [2.24, 2.45) is 0 Å². The van der Waals surface area contributed by atoms with E-state index in [-0.39, 0.29) is 5.91 Å². The summed E-state index contributed by atoms with van der Waals surface area (Å²) in [5, 5.41) is 5.36. The minimum Gasteiger partial charge on any atom is -0.370 e. The molecule has 0 aliphatic rings. The Bertz CT molecular complexity index is 1220. The van der Waals surface area contributed by atoms with Gasteiger partial charge in [0.2, 0.25) is 0 Å². The maximum atomic E-state index is 13.1. The number of likely N-dealkylation sites (N-methyl/N-ethyl adjacent to an activating group) is 1. The van der Waals surface area contributed by atoms with E-state index in [0.29, 0.717) is 17.1 Å². The second-order valence-corrected chi connectivity index (χ2v) is 8.79. The van der Waals surface area contributed by atoms with E-state index < -0.39 is 0 Å². The molecular weight excluding hydrogens is 438 g/mol. The number of rotatable bonds is 8. The minimum atomic E-state index is -0.0966. The summed E-state index contributed by atoms with van der Waals surface area (Å²) in [6.07, 6.45) is 0. The Kier molecular flexibility index (Phi) is 7.30. The molecule has 1 amide bonds. The molecule has 4 aromatic rings. The van der Waals surface area contributed by atoms with Gasteiger partial charge in [-0.15, -0.1) is 0 Å². The lowest BCUT2D eigenvalue weighted by molar-refractivity contribution is 0.0956. The molecule has 0 unspecified atom stereocenters. The first-order chi connectivity index (χ1) is 15.6. The van der Waals surface area contributed by atoms with Gasteiger partial charge in [-0.25, -0.2) is 4.98 Å². The number of hydrogen-bond acceptors (Lipinski definition) is 4. The summed E-state index contributed by atoms with van der Waals surface area (Å²) in [4.78, 5) is 21.1. The van der Waals surface area contributed by atoms with Gasteiger partial charge in [0.15, 0.2) is 0 Å². The molecule has 162 valence electrons. The molecule has 4 rings (SSSR count). The van der Waals surface area contributed by atoms with Crippen molar-refractivity contribution in [2.45, 2.75) is 16.8 Å². The molecule has 0 atom stereocenters.